The van der Waals surface area contributed by atoms with E-state index in [2.05, 4.69) is 0 Å². The quantitative estimate of drug-likeness (QED) is 0.869. The van der Waals surface area contributed by atoms with Crippen LogP contribution in [0.2, 0.25) is 10.0 Å². The molecular weight excluding hydrogens is 267 g/mol. The highest BCUT2D eigenvalue weighted by Gasteiger charge is 2.19. The molecule has 94 valence electrons. The molecule has 0 aliphatic heterocycles. The molecule has 0 radical (unpaired) electrons. The van der Waals surface area contributed by atoms with Gasteiger partial charge in [-0.1, -0.05) is 29.3 Å². The second-order valence-electron chi connectivity index (χ2n) is 3.15. The van der Waals surface area contributed by atoms with E-state index in [1.165, 1.54) is 0 Å². The summed E-state index contributed by atoms with van der Waals surface area (Å²) < 4.78 is 10.3. The predicted molar refractivity (Wildman–Crippen MR) is 65.0 cm³/mol. The Hall–Kier alpha value is -0.970. The number of halogens is 2. The highest BCUT2D eigenvalue weighted by Crippen LogP contribution is 2.31. The van der Waals surface area contributed by atoms with Gasteiger partial charge in [0, 0.05) is 6.61 Å². The summed E-state index contributed by atoms with van der Waals surface area (Å²) in [4.78, 5) is 10.8. The molecule has 0 saturated heterocycles. The Balaban J connectivity index is 2.65. The third kappa shape index (κ3) is 4.07. The third-order valence-corrected chi connectivity index (χ3v) is 2.75. The van der Waals surface area contributed by atoms with Gasteiger partial charge in [0.15, 0.2) is 6.10 Å². The molecule has 0 amide bonds. The maximum absolute atomic E-state index is 10.8. The number of carboxylic acids is 1. The van der Waals surface area contributed by atoms with Crippen molar-refractivity contribution in [3.05, 3.63) is 28.2 Å². The first-order chi connectivity index (χ1) is 8.06. The lowest BCUT2D eigenvalue weighted by Crippen LogP contribution is -2.30. The molecule has 0 spiro atoms. The van der Waals surface area contributed by atoms with E-state index in [-0.39, 0.29) is 11.6 Å². The van der Waals surface area contributed by atoms with E-state index in [9.17, 15) is 4.79 Å². The van der Waals surface area contributed by atoms with Crippen LogP contribution in [-0.2, 0) is 9.53 Å². The Morgan fingerprint density at radius 3 is 2.76 bits per heavy atom. The number of ether oxygens (including phenoxy) is 2. The number of aliphatic carboxylic acids is 1. The van der Waals surface area contributed by atoms with Gasteiger partial charge >= 0.3 is 5.97 Å². The molecule has 0 heterocycles. The van der Waals surface area contributed by atoms with E-state index < -0.39 is 12.1 Å². The minimum atomic E-state index is -1.08. The molecule has 4 nitrogen and oxygen atoms in total. The third-order valence-electron chi connectivity index (χ3n) is 1.95. The van der Waals surface area contributed by atoms with Crippen LogP contribution in [0.5, 0.6) is 5.75 Å². The minimum Gasteiger partial charge on any atom is -0.489 e. The van der Waals surface area contributed by atoms with Crippen LogP contribution in [0.4, 0.5) is 0 Å². The van der Waals surface area contributed by atoms with Crippen LogP contribution < -0.4 is 4.74 Å². The zero-order chi connectivity index (χ0) is 12.8. The standard InChI is InChI=1S/C11H12Cl2O4/c1-2-16-9(11(14)15)6-17-8-5-3-4-7(12)10(8)13/h3-5,9H,2,6H2,1H3,(H,14,15). The van der Waals surface area contributed by atoms with Gasteiger partial charge in [0.05, 0.1) is 5.02 Å². The number of hydrogen-bond acceptors (Lipinski definition) is 3. The van der Waals surface area contributed by atoms with Crippen LogP contribution in [0.25, 0.3) is 0 Å². The van der Waals surface area contributed by atoms with Crippen molar-refractivity contribution in [3.8, 4) is 5.75 Å². The van der Waals surface area contributed by atoms with E-state index in [0.29, 0.717) is 17.4 Å². The van der Waals surface area contributed by atoms with Crippen molar-refractivity contribution in [2.75, 3.05) is 13.2 Å². The summed E-state index contributed by atoms with van der Waals surface area (Å²) in [7, 11) is 0. The van der Waals surface area contributed by atoms with Crippen molar-refractivity contribution in [2.45, 2.75) is 13.0 Å². The topological polar surface area (TPSA) is 55.8 Å². The molecule has 0 fully saturated rings. The molecule has 1 atom stereocenters. The maximum Gasteiger partial charge on any atom is 0.336 e. The number of carboxylic acid groups (broad SMARTS) is 1. The van der Waals surface area contributed by atoms with Gasteiger partial charge in [-0.05, 0) is 19.1 Å². The van der Waals surface area contributed by atoms with Crippen LogP contribution in [0.15, 0.2) is 18.2 Å². The zero-order valence-electron chi connectivity index (χ0n) is 9.15. The SMILES string of the molecule is CCOC(COc1cccc(Cl)c1Cl)C(=O)O. The Labute approximate surface area is 109 Å². The average Bonchev–Trinajstić information content (AvgIpc) is 2.29. The van der Waals surface area contributed by atoms with E-state index >= 15 is 0 Å². The van der Waals surface area contributed by atoms with Crippen molar-refractivity contribution in [3.63, 3.8) is 0 Å². The molecule has 1 aromatic carbocycles. The van der Waals surface area contributed by atoms with E-state index in [4.69, 9.17) is 37.8 Å². The monoisotopic (exact) mass is 278 g/mol. The molecular formula is C11H12Cl2O4. The van der Waals surface area contributed by atoms with Gasteiger partial charge in [-0.25, -0.2) is 4.79 Å². The second-order valence-corrected chi connectivity index (χ2v) is 3.93. The Morgan fingerprint density at radius 1 is 1.47 bits per heavy atom. The highest BCUT2D eigenvalue weighted by molar-refractivity contribution is 6.42. The molecule has 6 heteroatoms. The zero-order valence-corrected chi connectivity index (χ0v) is 10.7. The van der Waals surface area contributed by atoms with Gasteiger partial charge < -0.3 is 14.6 Å². The van der Waals surface area contributed by atoms with Crippen molar-refractivity contribution < 1.29 is 19.4 Å². The van der Waals surface area contributed by atoms with Gasteiger partial charge in [-0.15, -0.1) is 0 Å². The molecule has 17 heavy (non-hydrogen) atoms. The first-order valence-electron chi connectivity index (χ1n) is 4.97. The Kier molecular flexibility index (Phi) is 5.55. The van der Waals surface area contributed by atoms with Crippen molar-refractivity contribution >= 4 is 29.2 Å². The van der Waals surface area contributed by atoms with E-state index in [1.807, 2.05) is 0 Å². The first kappa shape index (κ1) is 14.1. The van der Waals surface area contributed by atoms with Gasteiger partial charge in [0.2, 0.25) is 0 Å². The van der Waals surface area contributed by atoms with Crippen molar-refractivity contribution in [1.29, 1.82) is 0 Å². The normalized spacial score (nSPS) is 12.2. The lowest BCUT2D eigenvalue weighted by Gasteiger charge is -2.14. The second kappa shape index (κ2) is 6.69. The maximum atomic E-state index is 10.8. The molecule has 1 unspecified atom stereocenters. The van der Waals surface area contributed by atoms with E-state index in [1.54, 1.807) is 25.1 Å². The first-order valence-corrected chi connectivity index (χ1v) is 5.73. The van der Waals surface area contributed by atoms with Crippen LogP contribution in [-0.4, -0.2) is 30.4 Å². The molecule has 0 saturated carbocycles. The van der Waals surface area contributed by atoms with Gasteiger partial charge in [-0.2, -0.15) is 0 Å². The Bertz CT molecular complexity index is 395. The summed E-state index contributed by atoms with van der Waals surface area (Å²) in [6.45, 7) is 1.88. The Morgan fingerprint density at radius 2 is 2.18 bits per heavy atom. The van der Waals surface area contributed by atoms with E-state index in [0.717, 1.165) is 0 Å². The fraction of sp³-hybridized carbons (Fsp3) is 0.364. The van der Waals surface area contributed by atoms with Crippen molar-refractivity contribution in [2.24, 2.45) is 0 Å². The molecule has 0 bridgehead atoms. The predicted octanol–water partition coefficient (Wildman–Crippen LogP) is 2.86. The lowest BCUT2D eigenvalue weighted by atomic mass is 10.3. The largest absolute Gasteiger partial charge is 0.489 e. The molecule has 0 aliphatic carbocycles. The highest BCUT2D eigenvalue weighted by atomic mass is 35.5. The number of rotatable bonds is 6. The van der Waals surface area contributed by atoms with Crippen molar-refractivity contribution in [1.82, 2.24) is 0 Å². The molecule has 1 rings (SSSR count). The van der Waals surface area contributed by atoms with Gasteiger partial charge in [-0.3, -0.25) is 0 Å². The summed E-state index contributed by atoms with van der Waals surface area (Å²) in [5.41, 5.74) is 0. The van der Waals surface area contributed by atoms with Crippen LogP contribution in [0.3, 0.4) is 0 Å². The summed E-state index contributed by atoms with van der Waals surface area (Å²) >= 11 is 11.7. The molecule has 1 aromatic rings. The van der Waals surface area contributed by atoms with Gasteiger partial charge in [0.1, 0.15) is 17.4 Å². The van der Waals surface area contributed by atoms with Crippen LogP contribution in [0.1, 0.15) is 6.92 Å². The fourth-order valence-electron chi connectivity index (χ4n) is 1.15. The smallest absolute Gasteiger partial charge is 0.336 e. The fourth-order valence-corrected chi connectivity index (χ4v) is 1.50. The molecule has 1 N–H and O–H groups in total. The summed E-state index contributed by atoms with van der Waals surface area (Å²) in [5.74, 6) is -0.741. The summed E-state index contributed by atoms with van der Waals surface area (Å²) in [5, 5.41) is 9.46. The summed E-state index contributed by atoms with van der Waals surface area (Å²) in [6.07, 6.45) is -1.02. The molecule has 0 aromatic heterocycles. The summed E-state index contributed by atoms with van der Waals surface area (Å²) in [6, 6.07) is 4.90. The van der Waals surface area contributed by atoms with Crippen LogP contribution in [0, 0.1) is 0 Å². The van der Waals surface area contributed by atoms with Crippen LogP contribution >= 0.6 is 23.2 Å². The van der Waals surface area contributed by atoms with Gasteiger partial charge in [0.25, 0.3) is 0 Å². The molecule has 0 aliphatic rings. The number of hydrogen-bond donors (Lipinski definition) is 1. The minimum absolute atomic E-state index is 0.122. The number of benzene rings is 1. The number of carbonyl (C=O) groups is 1. The lowest BCUT2D eigenvalue weighted by molar-refractivity contribution is -0.152. The average molecular weight is 279 g/mol.